The normalized spacial score (nSPS) is 13.3. The summed E-state index contributed by atoms with van der Waals surface area (Å²) in [5.74, 6) is -2.40. The Kier molecular flexibility index (Phi) is 12.2. The van der Waals surface area contributed by atoms with Gasteiger partial charge in [0, 0.05) is 25.3 Å². The van der Waals surface area contributed by atoms with E-state index in [0.717, 1.165) is 0 Å². The van der Waals surface area contributed by atoms with Gasteiger partial charge in [-0.15, -0.1) is 0 Å². The van der Waals surface area contributed by atoms with Crippen molar-refractivity contribution >= 4 is 24.1 Å². The van der Waals surface area contributed by atoms with Gasteiger partial charge in [0.05, 0.1) is 6.61 Å². The van der Waals surface area contributed by atoms with Crippen molar-refractivity contribution in [3.05, 3.63) is 23.8 Å². The number of esters is 2. The summed E-state index contributed by atoms with van der Waals surface area (Å²) >= 11 is 0. The number of carbonyl (C=O) groups excluding carboxylic acids is 3. The quantitative estimate of drug-likeness (QED) is 0.198. The van der Waals surface area contributed by atoms with E-state index >= 15 is 0 Å². The lowest BCUT2D eigenvalue weighted by Gasteiger charge is -2.32. The second kappa shape index (κ2) is 14.1. The predicted octanol–water partition coefficient (Wildman–Crippen LogP) is 5.11. The number of nitrogens with one attached hydrogen (secondary N) is 1. The van der Waals surface area contributed by atoms with E-state index in [0.29, 0.717) is 5.56 Å². The smallest absolute Gasteiger partial charge is 0.477 e. The number of aliphatic carboxylic acids is 1. The van der Waals surface area contributed by atoms with Gasteiger partial charge in [-0.05, 0) is 48.8 Å². The molecule has 0 aromatic heterocycles. The highest BCUT2D eigenvalue weighted by Crippen LogP contribution is 2.32. The van der Waals surface area contributed by atoms with Crippen LogP contribution in [0.15, 0.2) is 18.2 Å². The highest BCUT2D eigenvalue weighted by molar-refractivity contribution is 5.81. The van der Waals surface area contributed by atoms with Crippen LogP contribution >= 0.6 is 0 Å². The minimum absolute atomic E-state index is 0.0234. The van der Waals surface area contributed by atoms with E-state index in [1.165, 1.54) is 18.2 Å². The first-order chi connectivity index (χ1) is 17.4. The van der Waals surface area contributed by atoms with E-state index in [-0.39, 0.29) is 60.7 Å². The van der Waals surface area contributed by atoms with Gasteiger partial charge >= 0.3 is 24.1 Å². The second-order valence-electron chi connectivity index (χ2n) is 11.7. The maximum Gasteiger partial charge on any atom is 0.510 e. The van der Waals surface area contributed by atoms with Crippen LogP contribution < -0.4 is 14.8 Å². The van der Waals surface area contributed by atoms with E-state index in [9.17, 15) is 24.3 Å². The van der Waals surface area contributed by atoms with Crippen LogP contribution in [0.25, 0.3) is 0 Å². The van der Waals surface area contributed by atoms with Gasteiger partial charge in [-0.2, -0.15) is 0 Å². The molecule has 0 unspecified atom stereocenters. The molecule has 0 radical (unpaired) electrons. The Bertz CT molecular complexity index is 979. The van der Waals surface area contributed by atoms with E-state index in [2.05, 4.69) is 5.32 Å². The molecule has 1 rings (SSSR count). The van der Waals surface area contributed by atoms with Crippen molar-refractivity contribution in [1.29, 1.82) is 0 Å². The lowest BCUT2D eigenvalue weighted by atomic mass is 9.99. The minimum Gasteiger partial charge on any atom is -0.477 e. The number of hydrogen-bond donors (Lipinski definition) is 2. The summed E-state index contributed by atoms with van der Waals surface area (Å²) in [5, 5.41) is 12.9. The van der Waals surface area contributed by atoms with Crippen LogP contribution in [-0.2, 0) is 30.3 Å². The molecule has 0 fully saturated rings. The van der Waals surface area contributed by atoms with Crippen molar-refractivity contribution in [3.63, 3.8) is 0 Å². The third-order valence-corrected chi connectivity index (χ3v) is 4.81. The molecule has 1 aromatic carbocycles. The Labute approximate surface area is 225 Å². The molecule has 0 aliphatic carbocycles. The van der Waals surface area contributed by atoms with Crippen molar-refractivity contribution in [2.24, 2.45) is 17.3 Å². The summed E-state index contributed by atoms with van der Waals surface area (Å²) in [4.78, 5) is 49.7. The van der Waals surface area contributed by atoms with Gasteiger partial charge < -0.3 is 24.1 Å². The van der Waals surface area contributed by atoms with Crippen LogP contribution in [0.1, 0.15) is 80.7 Å². The van der Waals surface area contributed by atoms with E-state index in [1.807, 2.05) is 48.5 Å². The molecule has 0 amide bonds. The van der Waals surface area contributed by atoms with Gasteiger partial charge in [-0.25, -0.2) is 9.59 Å². The summed E-state index contributed by atoms with van der Waals surface area (Å²) in [6, 6.07) is 3.95. The molecule has 10 heteroatoms. The van der Waals surface area contributed by atoms with Gasteiger partial charge in [0.25, 0.3) is 5.72 Å². The lowest BCUT2D eigenvalue weighted by Crippen LogP contribution is -2.59. The van der Waals surface area contributed by atoms with Crippen molar-refractivity contribution in [3.8, 4) is 11.5 Å². The van der Waals surface area contributed by atoms with E-state index in [1.54, 1.807) is 13.8 Å². The fraction of sp³-hybridized carbons (Fsp3) is 0.643. The van der Waals surface area contributed by atoms with E-state index < -0.39 is 29.8 Å². The zero-order chi connectivity index (χ0) is 29.3. The molecule has 38 heavy (non-hydrogen) atoms. The number of ether oxygens (including phenoxy) is 4. The molecule has 0 heterocycles. The zero-order valence-corrected chi connectivity index (χ0v) is 24.0. The molecule has 214 valence electrons. The van der Waals surface area contributed by atoms with Crippen LogP contribution in [0.2, 0.25) is 0 Å². The number of hydrogen-bond acceptors (Lipinski definition) is 9. The van der Waals surface area contributed by atoms with Crippen LogP contribution in [0.4, 0.5) is 4.79 Å². The summed E-state index contributed by atoms with van der Waals surface area (Å²) in [5.41, 5.74) is -2.19. The molecule has 2 N–H and O–H groups in total. The van der Waals surface area contributed by atoms with Gasteiger partial charge in [-0.1, -0.05) is 54.5 Å². The molecular formula is C28H43NO9. The number of carbonyl (C=O) groups is 4. The first-order valence-electron chi connectivity index (χ1n) is 12.8. The standard InChI is InChI=1S/C28H43NO9/c1-17(2)12-23(30)36-21-11-10-20(14-22(21)37-24(31)13-18(3)4)15-28(25(32)33,29-19(5)6)38-26(34)35-16-27(7,8)9/h10-11,14,17-19,29H,12-13,15-16H2,1-9H3,(H,32,33)/t28-/m0/s1. The Morgan fingerprint density at radius 3 is 1.84 bits per heavy atom. The van der Waals surface area contributed by atoms with Crippen molar-refractivity contribution in [2.45, 2.75) is 93.3 Å². The number of carboxylic acids is 1. The SMILES string of the molecule is CC(C)CC(=O)Oc1ccc(C[C@](NC(C)C)(OC(=O)OCC(C)(C)C)C(=O)O)cc1OC(=O)CC(C)C. The monoisotopic (exact) mass is 537 g/mol. The maximum absolute atomic E-state index is 12.5. The van der Waals surface area contributed by atoms with Crippen LogP contribution in [0.3, 0.4) is 0 Å². The lowest BCUT2D eigenvalue weighted by molar-refractivity contribution is -0.167. The number of benzene rings is 1. The average Bonchev–Trinajstić information content (AvgIpc) is 2.71. The topological polar surface area (TPSA) is 137 Å². The first kappa shape index (κ1) is 32.9. The Hall–Kier alpha value is -3.14. The van der Waals surface area contributed by atoms with Crippen LogP contribution in [0, 0.1) is 17.3 Å². The third kappa shape index (κ3) is 11.9. The van der Waals surface area contributed by atoms with Crippen LogP contribution in [-0.4, -0.2) is 47.5 Å². The third-order valence-electron chi connectivity index (χ3n) is 4.81. The number of rotatable bonds is 13. The van der Waals surface area contributed by atoms with Crippen molar-refractivity contribution in [1.82, 2.24) is 5.32 Å². The van der Waals surface area contributed by atoms with E-state index in [4.69, 9.17) is 18.9 Å². The molecule has 0 aliphatic heterocycles. The van der Waals surface area contributed by atoms with Gasteiger partial charge in [0.1, 0.15) is 0 Å². The highest BCUT2D eigenvalue weighted by atomic mass is 16.7. The second-order valence-corrected chi connectivity index (χ2v) is 11.7. The fourth-order valence-electron chi connectivity index (χ4n) is 3.32. The van der Waals surface area contributed by atoms with Crippen molar-refractivity contribution in [2.75, 3.05) is 6.61 Å². The number of carboxylic acid groups (broad SMARTS) is 1. The molecule has 0 spiro atoms. The summed E-state index contributed by atoms with van der Waals surface area (Å²) in [6.45, 7) is 16.5. The fourth-order valence-corrected chi connectivity index (χ4v) is 3.32. The van der Waals surface area contributed by atoms with Crippen LogP contribution in [0.5, 0.6) is 11.5 Å². The first-order valence-corrected chi connectivity index (χ1v) is 12.8. The minimum atomic E-state index is -2.18. The Balaban J connectivity index is 3.39. The molecule has 0 bridgehead atoms. The molecular weight excluding hydrogens is 494 g/mol. The molecule has 1 aromatic rings. The molecule has 0 saturated carbocycles. The van der Waals surface area contributed by atoms with Crippen molar-refractivity contribution < 1.29 is 43.2 Å². The molecule has 0 saturated heterocycles. The molecule has 1 atom stereocenters. The Morgan fingerprint density at radius 2 is 1.39 bits per heavy atom. The molecule has 0 aliphatic rings. The largest absolute Gasteiger partial charge is 0.510 e. The highest BCUT2D eigenvalue weighted by Gasteiger charge is 2.44. The zero-order valence-electron chi connectivity index (χ0n) is 24.0. The summed E-state index contributed by atoms with van der Waals surface area (Å²) in [6.07, 6.45) is -1.19. The van der Waals surface area contributed by atoms with Gasteiger partial charge in [0.15, 0.2) is 11.5 Å². The summed E-state index contributed by atoms with van der Waals surface area (Å²) < 4.78 is 21.4. The maximum atomic E-state index is 12.5. The average molecular weight is 538 g/mol. The van der Waals surface area contributed by atoms with Gasteiger partial charge in [-0.3, -0.25) is 14.9 Å². The Morgan fingerprint density at radius 1 is 0.868 bits per heavy atom. The molecule has 10 nitrogen and oxygen atoms in total. The van der Waals surface area contributed by atoms with Gasteiger partial charge in [0.2, 0.25) is 0 Å². The summed E-state index contributed by atoms with van der Waals surface area (Å²) in [7, 11) is 0. The predicted molar refractivity (Wildman–Crippen MR) is 141 cm³/mol.